The third-order valence-corrected chi connectivity index (χ3v) is 3.53. The molecule has 0 unspecified atom stereocenters. The summed E-state index contributed by atoms with van der Waals surface area (Å²) in [4.78, 5) is 15.8. The molecule has 0 aliphatic heterocycles. The number of anilines is 1. The van der Waals surface area contributed by atoms with Crippen LogP contribution in [0.2, 0.25) is 0 Å². The predicted octanol–water partition coefficient (Wildman–Crippen LogP) is 5.01. The Morgan fingerprint density at radius 1 is 1.04 bits per heavy atom. The molecule has 0 aliphatic carbocycles. The van der Waals surface area contributed by atoms with Gasteiger partial charge >= 0.3 is 6.18 Å². The summed E-state index contributed by atoms with van der Waals surface area (Å²) in [7, 11) is 0. The topological polar surface area (TPSA) is 55.1 Å². The van der Waals surface area contributed by atoms with Crippen molar-refractivity contribution in [1.82, 2.24) is 4.98 Å². The second-order valence-electron chi connectivity index (χ2n) is 5.39. The number of halogens is 3. The van der Waals surface area contributed by atoms with E-state index in [1.165, 1.54) is 30.7 Å². The van der Waals surface area contributed by atoms with Gasteiger partial charge in [0.1, 0.15) is 0 Å². The van der Waals surface area contributed by atoms with Crippen molar-refractivity contribution < 1.29 is 22.4 Å². The molecule has 0 radical (unpaired) electrons. The average molecular weight is 358 g/mol. The number of rotatable bonds is 4. The number of hydrogen-bond donors (Lipinski definition) is 1. The van der Waals surface area contributed by atoms with Crippen molar-refractivity contribution in [2.45, 2.75) is 6.18 Å². The first kappa shape index (κ1) is 17.5. The Bertz CT molecular complexity index is 897. The Hall–Kier alpha value is -3.35. The molecule has 0 fully saturated rings. The number of amides is 1. The molecule has 132 valence electrons. The molecule has 1 N–H and O–H groups in total. The van der Waals surface area contributed by atoms with Gasteiger partial charge in [0.15, 0.2) is 12.2 Å². The van der Waals surface area contributed by atoms with Gasteiger partial charge in [0, 0.05) is 17.3 Å². The number of benzene rings is 2. The van der Waals surface area contributed by atoms with Crippen molar-refractivity contribution in [2.75, 3.05) is 5.32 Å². The molecule has 0 aliphatic rings. The van der Waals surface area contributed by atoms with Gasteiger partial charge in [-0.05, 0) is 48.0 Å². The van der Waals surface area contributed by atoms with E-state index in [0.717, 1.165) is 17.7 Å². The third-order valence-electron chi connectivity index (χ3n) is 3.53. The summed E-state index contributed by atoms with van der Waals surface area (Å²) in [5.74, 6) is 0.224. The first-order chi connectivity index (χ1) is 12.4. The van der Waals surface area contributed by atoms with Crippen molar-refractivity contribution in [2.24, 2.45) is 0 Å². The molecule has 3 aromatic rings. The van der Waals surface area contributed by atoms with Crippen molar-refractivity contribution in [3.05, 3.63) is 78.3 Å². The van der Waals surface area contributed by atoms with E-state index in [4.69, 9.17) is 4.42 Å². The summed E-state index contributed by atoms with van der Waals surface area (Å²) in [6.45, 7) is 0. The summed E-state index contributed by atoms with van der Waals surface area (Å²) in [6.07, 6.45) is 1.24. The highest BCUT2D eigenvalue weighted by molar-refractivity contribution is 6.02. The van der Waals surface area contributed by atoms with Crippen molar-refractivity contribution in [3.63, 3.8) is 0 Å². The molecule has 0 bridgehead atoms. The lowest BCUT2D eigenvalue weighted by molar-refractivity contribution is -0.137. The fourth-order valence-corrected chi connectivity index (χ4v) is 2.22. The molecule has 4 nitrogen and oxygen atoms in total. The van der Waals surface area contributed by atoms with Crippen LogP contribution in [-0.4, -0.2) is 10.9 Å². The number of carbonyl (C=O) groups excluding carboxylic acids is 1. The Balaban J connectivity index is 1.60. The highest BCUT2D eigenvalue weighted by Gasteiger charge is 2.29. The van der Waals surface area contributed by atoms with Gasteiger partial charge in [-0.1, -0.05) is 12.1 Å². The van der Waals surface area contributed by atoms with Gasteiger partial charge in [0.05, 0.1) is 11.8 Å². The summed E-state index contributed by atoms with van der Waals surface area (Å²) in [5, 5.41) is 2.67. The fourth-order valence-electron chi connectivity index (χ4n) is 2.22. The highest BCUT2D eigenvalue weighted by Crippen LogP contribution is 2.29. The van der Waals surface area contributed by atoms with Crippen LogP contribution >= 0.6 is 0 Å². The van der Waals surface area contributed by atoms with Crippen LogP contribution in [0.5, 0.6) is 0 Å². The lowest BCUT2D eigenvalue weighted by atomic mass is 10.1. The van der Waals surface area contributed by atoms with Gasteiger partial charge in [-0.15, -0.1) is 0 Å². The van der Waals surface area contributed by atoms with E-state index < -0.39 is 17.6 Å². The number of alkyl halides is 3. The first-order valence-corrected chi connectivity index (χ1v) is 7.57. The van der Waals surface area contributed by atoms with Crippen molar-refractivity contribution in [3.8, 4) is 11.3 Å². The van der Waals surface area contributed by atoms with Crippen LogP contribution in [0.25, 0.3) is 17.4 Å². The lowest BCUT2D eigenvalue weighted by Crippen LogP contribution is -2.07. The van der Waals surface area contributed by atoms with Gasteiger partial charge in [-0.25, -0.2) is 4.98 Å². The minimum Gasteiger partial charge on any atom is -0.444 e. The first-order valence-electron chi connectivity index (χ1n) is 7.57. The molecule has 0 saturated carbocycles. The number of nitrogens with zero attached hydrogens (tertiary/aromatic N) is 1. The van der Waals surface area contributed by atoms with E-state index in [2.05, 4.69) is 10.3 Å². The number of nitrogens with one attached hydrogen (secondary N) is 1. The lowest BCUT2D eigenvalue weighted by Gasteiger charge is -2.06. The molecular formula is C19H13F3N2O2. The summed E-state index contributed by atoms with van der Waals surface area (Å²) >= 11 is 0. The SMILES string of the molecule is O=C(/C=C/c1ccc(C(F)(F)F)cc1)Nc1ccc(-c2cnco2)cc1. The maximum absolute atomic E-state index is 12.5. The Labute approximate surface area is 147 Å². The van der Waals surface area contributed by atoms with Gasteiger partial charge in [-0.2, -0.15) is 13.2 Å². The maximum atomic E-state index is 12.5. The molecule has 26 heavy (non-hydrogen) atoms. The van der Waals surface area contributed by atoms with Crippen LogP contribution in [0.15, 0.2) is 71.6 Å². The zero-order valence-corrected chi connectivity index (χ0v) is 13.3. The van der Waals surface area contributed by atoms with Crippen LogP contribution in [0.4, 0.5) is 18.9 Å². The van der Waals surface area contributed by atoms with Crippen LogP contribution in [0.1, 0.15) is 11.1 Å². The Kier molecular flexibility index (Phi) is 4.88. The molecule has 1 heterocycles. The van der Waals surface area contributed by atoms with Gasteiger partial charge in [-0.3, -0.25) is 4.79 Å². The molecule has 0 atom stereocenters. The second kappa shape index (κ2) is 7.26. The minimum atomic E-state index is -4.38. The summed E-state index contributed by atoms with van der Waals surface area (Å²) in [5.41, 5.74) is 1.16. The Morgan fingerprint density at radius 3 is 2.31 bits per heavy atom. The van der Waals surface area contributed by atoms with E-state index in [1.54, 1.807) is 30.5 Å². The maximum Gasteiger partial charge on any atom is 0.416 e. The van der Waals surface area contributed by atoms with E-state index >= 15 is 0 Å². The molecule has 2 aromatic carbocycles. The summed E-state index contributed by atoms with van der Waals surface area (Å²) in [6, 6.07) is 11.5. The molecule has 3 rings (SSSR count). The molecule has 1 amide bonds. The van der Waals surface area contributed by atoms with Gasteiger partial charge in [0.2, 0.25) is 5.91 Å². The van der Waals surface area contributed by atoms with Gasteiger partial charge in [0.25, 0.3) is 0 Å². The van der Waals surface area contributed by atoms with Crippen LogP contribution < -0.4 is 5.32 Å². The smallest absolute Gasteiger partial charge is 0.416 e. The van der Waals surface area contributed by atoms with E-state index in [1.807, 2.05) is 0 Å². The van der Waals surface area contributed by atoms with E-state index in [-0.39, 0.29) is 0 Å². The largest absolute Gasteiger partial charge is 0.444 e. The zero-order chi connectivity index (χ0) is 18.6. The second-order valence-corrected chi connectivity index (χ2v) is 5.39. The minimum absolute atomic E-state index is 0.391. The Morgan fingerprint density at radius 2 is 1.73 bits per heavy atom. The average Bonchev–Trinajstić information content (AvgIpc) is 3.15. The third kappa shape index (κ3) is 4.38. The number of aromatic nitrogens is 1. The predicted molar refractivity (Wildman–Crippen MR) is 91.0 cm³/mol. The number of hydrogen-bond acceptors (Lipinski definition) is 3. The molecule has 0 spiro atoms. The normalized spacial score (nSPS) is 11.7. The van der Waals surface area contributed by atoms with Crippen LogP contribution in [-0.2, 0) is 11.0 Å². The van der Waals surface area contributed by atoms with Crippen molar-refractivity contribution in [1.29, 1.82) is 0 Å². The van der Waals surface area contributed by atoms with Crippen LogP contribution in [0, 0.1) is 0 Å². The standard InChI is InChI=1S/C19H13F3N2O2/c20-19(21,22)15-6-1-13(2-7-15)3-10-18(25)24-16-8-4-14(5-9-16)17-11-23-12-26-17/h1-12H,(H,24,25)/b10-3+. The van der Waals surface area contributed by atoms with E-state index in [0.29, 0.717) is 17.0 Å². The van der Waals surface area contributed by atoms with Crippen LogP contribution in [0.3, 0.4) is 0 Å². The van der Waals surface area contributed by atoms with Gasteiger partial charge < -0.3 is 9.73 Å². The number of oxazole rings is 1. The number of carbonyl (C=O) groups is 1. The van der Waals surface area contributed by atoms with E-state index in [9.17, 15) is 18.0 Å². The highest BCUT2D eigenvalue weighted by atomic mass is 19.4. The monoisotopic (exact) mass is 358 g/mol. The van der Waals surface area contributed by atoms with Crippen molar-refractivity contribution >= 4 is 17.7 Å². The molecule has 7 heteroatoms. The quantitative estimate of drug-likeness (QED) is 0.667. The molecule has 1 aromatic heterocycles. The summed E-state index contributed by atoms with van der Waals surface area (Å²) < 4.78 is 42.7. The molecule has 0 saturated heterocycles. The zero-order valence-electron chi connectivity index (χ0n) is 13.3. The fraction of sp³-hybridized carbons (Fsp3) is 0.0526. The molecular weight excluding hydrogens is 345 g/mol.